The zero-order chi connectivity index (χ0) is 15.6. The van der Waals surface area contributed by atoms with Crippen LogP contribution in [0, 0.1) is 0 Å². The summed E-state index contributed by atoms with van der Waals surface area (Å²) < 4.78 is 28.0. The molecule has 1 N–H and O–H groups in total. The Morgan fingerprint density at radius 2 is 1.67 bits per heavy atom. The predicted octanol–water partition coefficient (Wildman–Crippen LogP) is 2.38. The molecule has 0 fully saturated rings. The number of nitrogens with one attached hydrogen (secondary N) is 1. The second-order valence-corrected chi connectivity index (χ2v) is 7.47. The third kappa shape index (κ3) is 3.84. The van der Waals surface area contributed by atoms with Gasteiger partial charge in [0, 0.05) is 14.6 Å². The lowest BCUT2D eigenvalue weighted by Gasteiger charge is -2.11. The van der Waals surface area contributed by atoms with E-state index in [1.54, 1.807) is 12.1 Å². The van der Waals surface area contributed by atoms with Crippen molar-refractivity contribution in [1.82, 2.24) is 0 Å². The molecule has 0 aliphatic carbocycles. The van der Waals surface area contributed by atoms with Crippen LogP contribution in [0.5, 0.6) is 0 Å². The Labute approximate surface area is 138 Å². The smallest absolute Gasteiger partial charge is 0.263 e. The van der Waals surface area contributed by atoms with Gasteiger partial charge in [-0.15, -0.1) is 0 Å². The highest BCUT2D eigenvalue weighted by Gasteiger charge is 2.18. The van der Waals surface area contributed by atoms with E-state index >= 15 is 0 Å². The summed E-state index contributed by atoms with van der Waals surface area (Å²) in [5, 5.41) is 10.6. The van der Waals surface area contributed by atoms with Crippen molar-refractivity contribution in [3.05, 3.63) is 57.0 Å². The van der Waals surface area contributed by atoms with Gasteiger partial charge in [-0.3, -0.25) is 4.72 Å². The normalized spacial score (nSPS) is 11.1. The van der Waals surface area contributed by atoms with Crippen LogP contribution in [0.3, 0.4) is 0 Å². The first-order valence-electron chi connectivity index (χ1n) is 5.59. The van der Waals surface area contributed by atoms with Gasteiger partial charge in [0.25, 0.3) is 10.0 Å². The molecule has 0 saturated heterocycles. The highest BCUT2D eigenvalue weighted by atomic mass is 79.9. The molecule has 0 radical (unpaired) electrons. The molecule has 0 aliphatic heterocycles. The number of carboxylic acid groups (broad SMARTS) is 1. The van der Waals surface area contributed by atoms with E-state index in [0.717, 1.165) is 0 Å². The van der Waals surface area contributed by atoms with Gasteiger partial charge in [-0.05, 0) is 51.8 Å². The lowest BCUT2D eigenvalue weighted by molar-refractivity contribution is -0.255. The van der Waals surface area contributed by atoms with Crippen LogP contribution in [0.25, 0.3) is 0 Å². The number of carbonyl (C=O) groups is 1. The Kier molecular flexibility index (Phi) is 4.70. The maximum Gasteiger partial charge on any atom is 0.263 e. The quantitative estimate of drug-likeness (QED) is 0.801. The van der Waals surface area contributed by atoms with Crippen LogP contribution >= 0.6 is 31.9 Å². The molecule has 21 heavy (non-hydrogen) atoms. The van der Waals surface area contributed by atoms with Crippen molar-refractivity contribution < 1.29 is 18.3 Å². The van der Waals surface area contributed by atoms with E-state index in [9.17, 15) is 18.3 Å². The molecule has 5 nitrogen and oxygen atoms in total. The number of benzene rings is 2. The third-order valence-electron chi connectivity index (χ3n) is 2.56. The number of aromatic carboxylic acids is 1. The van der Waals surface area contributed by atoms with E-state index in [1.807, 2.05) is 0 Å². The van der Waals surface area contributed by atoms with Crippen molar-refractivity contribution in [2.24, 2.45) is 0 Å². The molecular weight excluding hydrogens is 426 g/mol. The number of sulfonamides is 1. The Balaban J connectivity index is 2.33. The van der Waals surface area contributed by atoms with E-state index in [1.165, 1.54) is 30.3 Å². The van der Waals surface area contributed by atoms with Crippen LogP contribution in [-0.2, 0) is 10.0 Å². The number of hydrogen-bond acceptors (Lipinski definition) is 4. The number of carboxylic acids is 1. The molecule has 0 saturated carbocycles. The second kappa shape index (κ2) is 6.17. The molecule has 0 aromatic heterocycles. The summed E-state index contributed by atoms with van der Waals surface area (Å²) in [4.78, 5) is 10.7. The number of rotatable bonds is 4. The fraction of sp³-hybridized carbons (Fsp3) is 0. The van der Waals surface area contributed by atoms with E-state index in [-0.39, 0.29) is 16.1 Å². The average Bonchev–Trinajstić information content (AvgIpc) is 2.41. The maximum atomic E-state index is 12.3. The van der Waals surface area contributed by atoms with Crippen molar-refractivity contribution in [3.8, 4) is 0 Å². The summed E-state index contributed by atoms with van der Waals surface area (Å²) in [7, 11) is -3.79. The fourth-order valence-electron chi connectivity index (χ4n) is 1.57. The van der Waals surface area contributed by atoms with E-state index in [0.29, 0.717) is 8.95 Å². The minimum atomic E-state index is -3.79. The topological polar surface area (TPSA) is 86.3 Å². The molecule has 8 heteroatoms. The van der Waals surface area contributed by atoms with Gasteiger partial charge < -0.3 is 9.90 Å². The SMILES string of the molecule is O=C([O-])c1ccc(NS(=O)(=O)c2cc(Br)ccc2Br)cc1. The third-order valence-corrected chi connectivity index (χ3v) is 5.42. The molecule has 2 rings (SSSR count). The molecule has 2 aromatic carbocycles. The minimum absolute atomic E-state index is 0.0263. The van der Waals surface area contributed by atoms with Gasteiger partial charge in [-0.2, -0.15) is 0 Å². The van der Waals surface area contributed by atoms with Crippen LogP contribution in [0.1, 0.15) is 10.4 Å². The fourth-order valence-corrected chi connectivity index (χ4v) is 4.13. The van der Waals surface area contributed by atoms with Crippen LogP contribution in [0.4, 0.5) is 5.69 Å². The Hall–Kier alpha value is -1.38. The molecule has 0 spiro atoms. The summed E-state index contributed by atoms with van der Waals surface area (Å²) in [6.45, 7) is 0. The standard InChI is InChI=1S/C13H9Br2NO4S/c14-9-3-6-11(15)12(7-9)21(19,20)16-10-4-1-8(2-5-10)13(17)18/h1-7,16H,(H,17,18)/p-1. The highest BCUT2D eigenvalue weighted by molar-refractivity contribution is 9.11. The lowest BCUT2D eigenvalue weighted by Crippen LogP contribution is -2.22. The summed E-state index contributed by atoms with van der Waals surface area (Å²) in [5.74, 6) is -1.32. The van der Waals surface area contributed by atoms with Crippen molar-refractivity contribution >= 4 is 53.5 Å². The van der Waals surface area contributed by atoms with Crippen molar-refractivity contribution in [1.29, 1.82) is 0 Å². The Morgan fingerprint density at radius 3 is 2.24 bits per heavy atom. The van der Waals surface area contributed by atoms with E-state index in [2.05, 4.69) is 36.6 Å². The largest absolute Gasteiger partial charge is 0.545 e. The molecule has 0 heterocycles. The first-order valence-corrected chi connectivity index (χ1v) is 8.66. The minimum Gasteiger partial charge on any atom is -0.545 e. The molecule has 0 unspecified atom stereocenters. The zero-order valence-corrected chi connectivity index (χ0v) is 14.3. The van der Waals surface area contributed by atoms with Gasteiger partial charge in [-0.1, -0.05) is 28.1 Å². The van der Waals surface area contributed by atoms with Crippen LogP contribution in [0.15, 0.2) is 56.3 Å². The van der Waals surface area contributed by atoms with Crippen molar-refractivity contribution in [2.45, 2.75) is 4.90 Å². The number of carbonyl (C=O) groups excluding carboxylic acids is 1. The highest BCUT2D eigenvalue weighted by Crippen LogP contribution is 2.27. The van der Waals surface area contributed by atoms with Gasteiger partial charge in [-0.25, -0.2) is 8.42 Å². The monoisotopic (exact) mass is 432 g/mol. The number of anilines is 1. The summed E-state index contributed by atoms with van der Waals surface area (Å²) >= 11 is 6.40. The first-order chi connectivity index (χ1) is 9.79. The molecule has 2 aromatic rings. The second-order valence-electron chi connectivity index (χ2n) is 4.05. The molecule has 0 amide bonds. The maximum absolute atomic E-state index is 12.3. The summed E-state index contributed by atoms with van der Waals surface area (Å²) in [6.07, 6.45) is 0. The van der Waals surface area contributed by atoms with Gasteiger partial charge in [0.15, 0.2) is 0 Å². The Bertz CT molecular complexity index is 788. The van der Waals surface area contributed by atoms with Crippen LogP contribution in [0.2, 0.25) is 0 Å². The zero-order valence-electron chi connectivity index (χ0n) is 10.3. The van der Waals surface area contributed by atoms with Crippen molar-refractivity contribution in [2.75, 3.05) is 4.72 Å². The molecule has 110 valence electrons. The molecular formula is C13H8Br2NO4S-. The number of hydrogen-bond donors (Lipinski definition) is 1. The summed E-state index contributed by atoms with van der Waals surface area (Å²) in [6, 6.07) is 10.0. The van der Waals surface area contributed by atoms with Crippen LogP contribution in [-0.4, -0.2) is 14.4 Å². The molecule has 0 bridgehead atoms. The lowest BCUT2D eigenvalue weighted by atomic mass is 10.2. The van der Waals surface area contributed by atoms with Gasteiger partial charge in [0.05, 0.1) is 5.97 Å². The van der Waals surface area contributed by atoms with Crippen LogP contribution < -0.4 is 9.83 Å². The average molecular weight is 434 g/mol. The van der Waals surface area contributed by atoms with Crippen molar-refractivity contribution in [3.63, 3.8) is 0 Å². The first kappa shape index (κ1) is 16.0. The predicted molar refractivity (Wildman–Crippen MR) is 83.4 cm³/mol. The molecule has 0 aliphatic rings. The molecule has 0 atom stereocenters. The summed E-state index contributed by atoms with van der Waals surface area (Å²) in [5.41, 5.74) is 0.230. The van der Waals surface area contributed by atoms with Gasteiger partial charge in [0.1, 0.15) is 4.90 Å². The van der Waals surface area contributed by atoms with E-state index in [4.69, 9.17) is 0 Å². The Morgan fingerprint density at radius 1 is 1.05 bits per heavy atom. The van der Waals surface area contributed by atoms with E-state index < -0.39 is 16.0 Å². The number of halogens is 2. The van der Waals surface area contributed by atoms with Gasteiger partial charge in [0.2, 0.25) is 0 Å². The van der Waals surface area contributed by atoms with Gasteiger partial charge >= 0.3 is 0 Å².